The summed E-state index contributed by atoms with van der Waals surface area (Å²) in [5.74, 6) is -1.06. The largest absolute Gasteiger partial charge is 0.427 e. The Labute approximate surface area is 242 Å². The first-order valence-corrected chi connectivity index (χ1v) is 14.1. The first kappa shape index (κ1) is 27.6. The Morgan fingerprint density at radius 3 is 2.62 bits per heavy atom. The molecular formula is C31H32FN5O5. The van der Waals surface area contributed by atoms with E-state index in [1.807, 2.05) is 19.1 Å². The smallest absolute Gasteiger partial charge is 0.418 e. The Morgan fingerprint density at radius 2 is 1.90 bits per heavy atom. The van der Waals surface area contributed by atoms with Gasteiger partial charge in [0.25, 0.3) is 5.91 Å². The molecule has 1 N–H and O–H groups in total. The van der Waals surface area contributed by atoms with E-state index < -0.39 is 24.1 Å². The molecule has 11 heteroatoms. The van der Waals surface area contributed by atoms with Gasteiger partial charge in [-0.05, 0) is 60.9 Å². The molecule has 0 unspecified atom stereocenters. The van der Waals surface area contributed by atoms with Crippen LogP contribution >= 0.6 is 0 Å². The van der Waals surface area contributed by atoms with E-state index in [-0.39, 0.29) is 43.2 Å². The molecule has 0 bridgehead atoms. The average Bonchev–Trinajstić information content (AvgIpc) is 3.56. The van der Waals surface area contributed by atoms with E-state index in [2.05, 4.69) is 10.4 Å². The van der Waals surface area contributed by atoms with Crippen molar-refractivity contribution in [3.05, 3.63) is 77.4 Å². The third kappa shape index (κ3) is 5.03. The van der Waals surface area contributed by atoms with E-state index in [4.69, 9.17) is 4.74 Å². The molecule has 0 radical (unpaired) electrons. The third-order valence-corrected chi connectivity index (χ3v) is 8.59. The molecule has 2 heterocycles. The number of halogens is 1. The average molecular weight is 574 g/mol. The lowest BCUT2D eigenvalue weighted by molar-refractivity contribution is -0.143. The zero-order chi connectivity index (χ0) is 29.6. The van der Waals surface area contributed by atoms with E-state index in [9.17, 15) is 23.6 Å². The van der Waals surface area contributed by atoms with E-state index in [0.29, 0.717) is 17.9 Å². The Balaban J connectivity index is 1.20. The molecule has 6 rings (SSSR count). The van der Waals surface area contributed by atoms with Crippen LogP contribution in [0.4, 0.5) is 9.18 Å². The zero-order valence-electron chi connectivity index (χ0n) is 23.5. The summed E-state index contributed by atoms with van der Waals surface area (Å²) >= 11 is 0. The highest BCUT2D eigenvalue weighted by molar-refractivity contribution is 6.06. The first-order chi connectivity index (χ1) is 20.2. The minimum absolute atomic E-state index is 0.0865. The number of rotatable bonds is 9. The van der Waals surface area contributed by atoms with Crippen molar-refractivity contribution >= 4 is 23.8 Å². The fourth-order valence-electron chi connectivity index (χ4n) is 5.96. The summed E-state index contributed by atoms with van der Waals surface area (Å²) in [6.07, 6.45) is 5.44. The molecular weight excluding hydrogens is 541 g/mol. The van der Waals surface area contributed by atoms with Crippen molar-refractivity contribution in [3.63, 3.8) is 0 Å². The minimum atomic E-state index is -1.46. The van der Waals surface area contributed by atoms with Crippen LogP contribution < -0.4 is 5.32 Å². The van der Waals surface area contributed by atoms with Crippen LogP contribution in [0, 0.1) is 11.7 Å². The van der Waals surface area contributed by atoms with Crippen molar-refractivity contribution in [2.45, 2.75) is 57.3 Å². The molecule has 218 valence electrons. The van der Waals surface area contributed by atoms with Crippen LogP contribution in [0.25, 0.3) is 11.1 Å². The molecule has 3 aromatic rings. The second kappa shape index (κ2) is 10.7. The number of fused-ring (bicyclic) bond motifs is 2. The lowest BCUT2D eigenvalue weighted by Crippen LogP contribution is -2.47. The molecule has 1 spiro atoms. The molecule has 1 saturated carbocycles. The number of hydrogen-bond acceptors (Lipinski definition) is 6. The predicted octanol–water partition coefficient (Wildman–Crippen LogP) is 3.38. The van der Waals surface area contributed by atoms with Gasteiger partial charge < -0.3 is 15.0 Å². The van der Waals surface area contributed by atoms with Gasteiger partial charge in [0.1, 0.15) is 18.9 Å². The number of aryl methyl sites for hydroxylation is 1. The molecule has 1 aliphatic heterocycles. The molecule has 2 aliphatic carbocycles. The number of nitrogens with one attached hydrogen (secondary N) is 1. The molecule has 2 aromatic carbocycles. The van der Waals surface area contributed by atoms with Gasteiger partial charge in [0.05, 0.1) is 6.20 Å². The normalized spacial score (nSPS) is 20.0. The fourth-order valence-corrected chi connectivity index (χ4v) is 5.96. The number of carbonyl (C=O) groups excluding carboxylic acids is 4. The summed E-state index contributed by atoms with van der Waals surface area (Å²) in [5.41, 5.74) is 2.48. The quantitative estimate of drug-likeness (QED) is 0.420. The van der Waals surface area contributed by atoms with Crippen molar-refractivity contribution in [3.8, 4) is 11.1 Å². The van der Waals surface area contributed by atoms with Crippen molar-refractivity contribution in [2.24, 2.45) is 5.92 Å². The van der Waals surface area contributed by atoms with Crippen LogP contribution in [-0.2, 0) is 44.2 Å². The number of carbonyl (C=O) groups is 4. The topological polar surface area (TPSA) is 114 Å². The van der Waals surface area contributed by atoms with Crippen LogP contribution in [0.2, 0.25) is 0 Å². The van der Waals surface area contributed by atoms with Gasteiger partial charge in [-0.25, -0.2) is 14.1 Å². The van der Waals surface area contributed by atoms with Gasteiger partial charge in [-0.2, -0.15) is 5.10 Å². The number of imide groups is 1. The molecule has 4 amide bonds. The zero-order valence-corrected chi connectivity index (χ0v) is 23.5. The SMILES string of the molecule is CNC(=O)Cn1cc(-c2ccc3c(c2)CC[C@@]32OC(=O)N(CC(=O)N(Cc3ccc(F)cc3)[C@@H](C)C3CC3)C2=O)cn1. The summed E-state index contributed by atoms with van der Waals surface area (Å²) < 4.78 is 20.8. The third-order valence-electron chi connectivity index (χ3n) is 8.59. The van der Waals surface area contributed by atoms with Crippen molar-refractivity contribution in [2.75, 3.05) is 13.6 Å². The van der Waals surface area contributed by atoms with Gasteiger partial charge in [0, 0.05) is 43.4 Å². The van der Waals surface area contributed by atoms with Crippen LogP contribution in [0.5, 0.6) is 0 Å². The highest BCUT2D eigenvalue weighted by Crippen LogP contribution is 2.46. The molecule has 3 aliphatic rings. The Kier molecular flexibility index (Phi) is 7.04. The van der Waals surface area contributed by atoms with Gasteiger partial charge >= 0.3 is 6.09 Å². The number of amides is 4. The Morgan fingerprint density at radius 1 is 1.14 bits per heavy atom. The maximum atomic E-state index is 13.8. The Hall–Kier alpha value is -4.54. The lowest BCUT2D eigenvalue weighted by atomic mass is 9.93. The molecule has 2 atom stereocenters. The van der Waals surface area contributed by atoms with Crippen LogP contribution in [0.15, 0.2) is 54.9 Å². The maximum absolute atomic E-state index is 13.8. The van der Waals surface area contributed by atoms with E-state index in [0.717, 1.165) is 40.0 Å². The first-order valence-electron chi connectivity index (χ1n) is 14.1. The van der Waals surface area contributed by atoms with Crippen LogP contribution in [-0.4, -0.2) is 63.0 Å². The highest BCUT2D eigenvalue weighted by atomic mass is 19.1. The molecule has 1 aromatic heterocycles. The summed E-state index contributed by atoms with van der Waals surface area (Å²) in [4.78, 5) is 54.7. The number of benzene rings is 2. The Bertz CT molecular complexity index is 1570. The fraction of sp³-hybridized carbons (Fsp3) is 0.387. The maximum Gasteiger partial charge on any atom is 0.418 e. The second-order valence-electron chi connectivity index (χ2n) is 11.3. The van der Waals surface area contributed by atoms with E-state index in [1.165, 1.54) is 12.1 Å². The molecule has 2 fully saturated rings. The summed E-state index contributed by atoms with van der Waals surface area (Å²) in [5, 5.41) is 6.81. The van der Waals surface area contributed by atoms with E-state index >= 15 is 0 Å². The van der Waals surface area contributed by atoms with Crippen molar-refractivity contribution < 1.29 is 28.3 Å². The van der Waals surface area contributed by atoms with Crippen molar-refractivity contribution in [1.82, 2.24) is 24.9 Å². The molecule has 10 nitrogen and oxygen atoms in total. The van der Waals surface area contributed by atoms with Crippen LogP contribution in [0.3, 0.4) is 0 Å². The van der Waals surface area contributed by atoms with E-state index in [1.54, 1.807) is 47.2 Å². The lowest BCUT2D eigenvalue weighted by Gasteiger charge is -2.30. The van der Waals surface area contributed by atoms with Gasteiger partial charge in [0.15, 0.2) is 0 Å². The van der Waals surface area contributed by atoms with Crippen LogP contribution in [0.1, 0.15) is 42.9 Å². The molecule has 1 saturated heterocycles. The monoisotopic (exact) mass is 573 g/mol. The summed E-state index contributed by atoms with van der Waals surface area (Å²) in [6, 6.07) is 11.5. The summed E-state index contributed by atoms with van der Waals surface area (Å²) in [7, 11) is 1.57. The predicted molar refractivity (Wildman–Crippen MR) is 149 cm³/mol. The standard InChI is InChI=1S/C31H32FN5O5/c1-19(21-5-6-21)36(15-20-3-8-25(32)9-4-20)28(39)18-37-29(40)31(42-30(37)41)12-11-23-13-22(7-10-26(23)31)24-14-34-35(16-24)17-27(38)33-2/h3-4,7-10,13-14,16,19,21H,5-6,11-12,15,17-18H2,1-2H3,(H,33,38)/t19-,31+/m0/s1. The number of likely N-dealkylation sites (N-methyl/N-ethyl adjacent to an activating group) is 1. The number of hydrogen-bond donors (Lipinski definition) is 1. The van der Waals surface area contributed by atoms with Gasteiger partial charge in [0.2, 0.25) is 17.4 Å². The van der Waals surface area contributed by atoms with Gasteiger partial charge in [-0.1, -0.05) is 30.3 Å². The number of aromatic nitrogens is 2. The summed E-state index contributed by atoms with van der Waals surface area (Å²) in [6.45, 7) is 1.90. The number of nitrogens with zero attached hydrogens (tertiary/aromatic N) is 4. The minimum Gasteiger partial charge on any atom is -0.427 e. The second-order valence-corrected chi connectivity index (χ2v) is 11.3. The van der Waals surface area contributed by atoms with Gasteiger partial charge in [-0.3, -0.25) is 19.1 Å². The highest BCUT2D eigenvalue weighted by Gasteiger charge is 2.58. The number of ether oxygens (including phenoxy) is 1. The molecule has 42 heavy (non-hydrogen) atoms. The van der Waals surface area contributed by atoms with Crippen molar-refractivity contribution in [1.29, 1.82) is 0 Å². The van der Waals surface area contributed by atoms with Gasteiger partial charge in [-0.15, -0.1) is 0 Å².